The summed E-state index contributed by atoms with van der Waals surface area (Å²) in [6.07, 6.45) is 6.07. The van der Waals surface area contributed by atoms with Crippen LogP contribution in [-0.2, 0) is 33.6 Å². The molecular formula is C19H24O4. The third kappa shape index (κ3) is 2.64. The van der Waals surface area contributed by atoms with Crippen molar-refractivity contribution in [1.82, 2.24) is 0 Å². The molecule has 0 spiro atoms. The number of hydrogen-bond acceptors (Lipinski definition) is 3. The van der Waals surface area contributed by atoms with E-state index in [9.17, 15) is 14.7 Å². The Morgan fingerprint density at radius 1 is 1.22 bits per heavy atom. The number of ether oxygens (including phenoxy) is 1. The summed E-state index contributed by atoms with van der Waals surface area (Å²) in [6.45, 7) is 1.86. The van der Waals surface area contributed by atoms with Gasteiger partial charge in [-0.3, -0.25) is 9.59 Å². The van der Waals surface area contributed by atoms with Gasteiger partial charge < -0.3 is 9.84 Å². The molecule has 1 aromatic carbocycles. The van der Waals surface area contributed by atoms with E-state index in [2.05, 4.69) is 12.1 Å². The quantitative estimate of drug-likeness (QED) is 0.870. The third-order valence-electron chi connectivity index (χ3n) is 5.76. The Balaban J connectivity index is 2.10. The Morgan fingerprint density at radius 2 is 1.96 bits per heavy atom. The van der Waals surface area contributed by atoms with E-state index in [4.69, 9.17) is 4.74 Å². The fourth-order valence-electron chi connectivity index (χ4n) is 4.43. The summed E-state index contributed by atoms with van der Waals surface area (Å²) in [6, 6.07) is 4.21. The number of carbonyl (C=O) groups is 2. The zero-order valence-electron chi connectivity index (χ0n) is 13.9. The molecule has 1 aromatic rings. The average molecular weight is 316 g/mol. The largest absolute Gasteiger partial charge is 0.481 e. The molecular weight excluding hydrogens is 292 g/mol. The number of fused-ring (bicyclic) bond motifs is 3. The van der Waals surface area contributed by atoms with Crippen molar-refractivity contribution in [2.24, 2.45) is 5.41 Å². The van der Waals surface area contributed by atoms with Crippen LogP contribution in [0.2, 0.25) is 0 Å². The Bertz CT molecular complexity index is 649. The van der Waals surface area contributed by atoms with Crippen LogP contribution in [0.5, 0.6) is 0 Å². The molecule has 0 fully saturated rings. The van der Waals surface area contributed by atoms with Gasteiger partial charge >= 0.3 is 11.9 Å². The molecule has 3 rings (SSSR count). The number of rotatable bonds is 3. The lowest BCUT2D eigenvalue weighted by Gasteiger charge is -2.41. The summed E-state index contributed by atoms with van der Waals surface area (Å²) in [4.78, 5) is 23.8. The molecule has 0 amide bonds. The van der Waals surface area contributed by atoms with Gasteiger partial charge in [-0.25, -0.2) is 0 Å². The van der Waals surface area contributed by atoms with Crippen LogP contribution in [-0.4, -0.2) is 24.2 Å². The molecule has 0 unspecified atom stereocenters. The molecule has 0 radical (unpaired) electrons. The van der Waals surface area contributed by atoms with E-state index in [0.717, 1.165) is 24.8 Å². The molecule has 0 heterocycles. The smallest absolute Gasteiger partial charge is 0.312 e. The van der Waals surface area contributed by atoms with Crippen molar-refractivity contribution in [3.63, 3.8) is 0 Å². The Hall–Kier alpha value is -1.84. The van der Waals surface area contributed by atoms with E-state index in [1.807, 2.05) is 6.92 Å². The van der Waals surface area contributed by atoms with Crippen LogP contribution in [0, 0.1) is 5.41 Å². The second kappa shape index (κ2) is 5.99. The lowest BCUT2D eigenvalue weighted by molar-refractivity contribution is -0.155. The molecule has 2 aliphatic rings. The van der Waals surface area contributed by atoms with Crippen LogP contribution in [0.1, 0.15) is 60.8 Å². The van der Waals surface area contributed by atoms with Crippen molar-refractivity contribution in [3.8, 4) is 0 Å². The average Bonchev–Trinajstić information content (AvgIpc) is 2.56. The predicted octanol–water partition coefficient (Wildman–Crippen LogP) is 3.25. The van der Waals surface area contributed by atoms with Crippen molar-refractivity contribution in [3.05, 3.63) is 34.4 Å². The number of benzene rings is 1. The van der Waals surface area contributed by atoms with Crippen LogP contribution in [0.15, 0.2) is 12.1 Å². The van der Waals surface area contributed by atoms with E-state index < -0.39 is 11.4 Å². The normalized spacial score (nSPS) is 26.1. The summed E-state index contributed by atoms with van der Waals surface area (Å²) in [7, 11) is 1.38. The molecule has 2 atom stereocenters. The van der Waals surface area contributed by atoms with Gasteiger partial charge in [-0.05, 0) is 67.7 Å². The summed E-state index contributed by atoms with van der Waals surface area (Å²) in [5.74, 6) is -1.48. The molecule has 124 valence electrons. The van der Waals surface area contributed by atoms with Crippen LogP contribution >= 0.6 is 0 Å². The van der Waals surface area contributed by atoms with Crippen molar-refractivity contribution in [2.75, 3.05) is 7.11 Å². The first-order valence-electron chi connectivity index (χ1n) is 8.41. The molecule has 23 heavy (non-hydrogen) atoms. The SMILES string of the molecule is COC(=O)[C@]1(C)CCc2c(ccc3c2CCCC3)[C@@H]1CC(=O)O. The van der Waals surface area contributed by atoms with Crippen molar-refractivity contribution in [1.29, 1.82) is 0 Å². The second-order valence-electron chi connectivity index (χ2n) is 7.04. The molecule has 0 aliphatic heterocycles. The Kier molecular flexibility index (Phi) is 4.17. The summed E-state index contributed by atoms with van der Waals surface area (Å²) >= 11 is 0. The van der Waals surface area contributed by atoms with E-state index in [1.165, 1.54) is 36.6 Å². The maximum atomic E-state index is 12.4. The number of carbonyl (C=O) groups excluding carboxylic acids is 1. The van der Waals surface area contributed by atoms with E-state index in [1.54, 1.807) is 0 Å². The molecule has 4 nitrogen and oxygen atoms in total. The van der Waals surface area contributed by atoms with Gasteiger partial charge in [0.05, 0.1) is 18.9 Å². The highest BCUT2D eigenvalue weighted by molar-refractivity contribution is 5.80. The van der Waals surface area contributed by atoms with Crippen LogP contribution in [0.3, 0.4) is 0 Å². The van der Waals surface area contributed by atoms with E-state index in [-0.39, 0.29) is 18.3 Å². The van der Waals surface area contributed by atoms with Crippen molar-refractivity contribution >= 4 is 11.9 Å². The van der Waals surface area contributed by atoms with Crippen LogP contribution < -0.4 is 0 Å². The Labute approximate surface area is 136 Å². The maximum absolute atomic E-state index is 12.4. The number of esters is 1. The zero-order chi connectivity index (χ0) is 16.6. The topological polar surface area (TPSA) is 63.6 Å². The number of methoxy groups -OCH3 is 1. The first-order valence-corrected chi connectivity index (χ1v) is 8.41. The van der Waals surface area contributed by atoms with E-state index >= 15 is 0 Å². The summed E-state index contributed by atoms with van der Waals surface area (Å²) < 4.78 is 5.00. The van der Waals surface area contributed by atoms with Gasteiger partial charge in [0.1, 0.15) is 0 Å². The molecule has 0 saturated heterocycles. The fourth-order valence-corrected chi connectivity index (χ4v) is 4.43. The highest BCUT2D eigenvalue weighted by Gasteiger charge is 2.47. The predicted molar refractivity (Wildman–Crippen MR) is 86.5 cm³/mol. The molecule has 0 aromatic heterocycles. The monoisotopic (exact) mass is 316 g/mol. The molecule has 0 saturated carbocycles. The number of aliphatic carboxylic acids is 1. The van der Waals surface area contributed by atoms with Gasteiger partial charge in [-0.2, -0.15) is 0 Å². The van der Waals surface area contributed by atoms with E-state index in [0.29, 0.717) is 6.42 Å². The summed E-state index contributed by atoms with van der Waals surface area (Å²) in [5.41, 5.74) is 4.41. The highest BCUT2D eigenvalue weighted by Crippen LogP contribution is 2.49. The molecule has 2 aliphatic carbocycles. The highest BCUT2D eigenvalue weighted by atomic mass is 16.5. The minimum Gasteiger partial charge on any atom is -0.481 e. The molecule has 0 bridgehead atoms. The van der Waals surface area contributed by atoms with Crippen LogP contribution in [0.4, 0.5) is 0 Å². The number of aryl methyl sites for hydroxylation is 1. The molecule has 4 heteroatoms. The van der Waals surface area contributed by atoms with Gasteiger partial charge in [0.15, 0.2) is 0 Å². The third-order valence-corrected chi connectivity index (χ3v) is 5.76. The zero-order valence-corrected chi connectivity index (χ0v) is 13.9. The Morgan fingerprint density at radius 3 is 2.65 bits per heavy atom. The minimum atomic E-state index is -0.865. The van der Waals surface area contributed by atoms with Crippen LogP contribution in [0.25, 0.3) is 0 Å². The first kappa shape index (κ1) is 16.0. The van der Waals surface area contributed by atoms with Gasteiger partial charge in [0.2, 0.25) is 0 Å². The first-order chi connectivity index (χ1) is 11.0. The number of carboxylic acids is 1. The van der Waals surface area contributed by atoms with Crippen molar-refractivity contribution < 1.29 is 19.4 Å². The lowest BCUT2D eigenvalue weighted by atomic mass is 9.62. The standard InChI is InChI=1S/C19H24O4/c1-19(18(22)23-2)10-9-14-13-6-4-3-5-12(13)7-8-15(14)16(19)11-17(20)21/h7-8,16H,3-6,9-11H2,1-2H3,(H,20,21)/t16-,19+/m0/s1. The van der Waals surface area contributed by atoms with Gasteiger partial charge in [-0.15, -0.1) is 0 Å². The van der Waals surface area contributed by atoms with Gasteiger partial charge in [0, 0.05) is 5.92 Å². The lowest BCUT2D eigenvalue weighted by Crippen LogP contribution is -2.40. The maximum Gasteiger partial charge on any atom is 0.312 e. The van der Waals surface area contributed by atoms with Crippen molar-refractivity contribution in [2.45, 2.75) is 57.8 Å². The summed E-state index contributed by atoms with van der Waals surface area (Å²) in [5, 5.41) is 9.36. The van der Waals surface area contributed by atoms with Gasteiger partial charge in [-0.1, -0.05) is 12.1 Å². The molecule has 1 N–H and O–H groups in total. The number of carboxylic acid groups (broad SMARTS) is 1. The second-order valence-corrected chi connectivity index (χ2v) is 7.04. The fraction of sp³-hybridized carbons (Fsp3) is 0.579. The number of hydrogen-bond donors (Lipinski definition) is 1. The van der Waals surface area contributed by atoms with Gasteiger partial charge in [0.25, 0.3) is 0 Å². The minimum absolute atomic E-state index is 0.0304.